The summed E-state index contributed by atoms with van der Waals surface area (Å²) in [4.78, 5) is 43.3. The zero-order chi connectivity index (χ0) is 17.8. The van der Waals surface area contributed by atoms with Crippen molar-refractivity contribution >= 4 is 17.6 Å². The Labute approximate surface area is 148 Å². The van der Waals surface area contributed by atoms with Gasteiger partial charge in [-0.15, -0.1) is 0 Å². The Hall–Kier alpha value is -2.17. The number of rotatable bonds is 3. The minimum atomic E-state index is -0.669. The molecule has 4 aliphatic rings. The smallest absolute Gasteiger partial charge is 0.254 e. The van der Waals surface area contributed by atoms with E-state index in [0.29, 0.717) is 37.3 Å². The topological polar surface area (TPSA) is 57.7 Å². The van der Waals surface area contributed by atoms with E-state index in [2.05, 4.69) is 6.92 Å². The van der Waals surface area contributed by atoms with Crippen LogP contribution < -0.4 is 0 Å². The van der Waals surface area contributed by atoms with E-state index >= 15 is 0 Å². The average Bonchev–Trinajstić information content (AvgIpc) is 2.64. The van der Waals surface area contributed by atoms with Gasteiger partial charge in [0.15, 0.2) is 5.78 Å². The van der Waals surface area contributed by atoms with Crippen LogP contribution in [0.15, 0.2) is 24.3 Å². The molecule has 5 rings (SSSR count). The maximum atomic E-state index is 13.3. The lowest BCUT2D eigenvalue weighted by molar-refractivity contribution is -0.155. The predicted molar refractivity (Wildman–Crippen MR) is 93.3 cm³/mol. The second kappa shape index (κ2) is 5.41. The first-order chi connectivity index (χ1) is 11.9. The quantitative estimate of drug-likeness (QED) is 0.849. The van der Waals surface area contributed by atoms with E-state index in [9.17, 15) is 14.4 Å². The van der Waals surface area contributed by atoms with Gasteiger partial charge in [0.05, 0.1) is 22.0 Å². The Morgan fingerprint density at radius 3 is 1.92 bits per heavy atom. The molecular weight excluding hydrogens is 316 g/mol. The van der Waals surface area contributed by atoms with Crippen LogP contribution >= 0.6 is 0 Å². The number of carbonyl (C=O) groups excluding carboxylic acids is 3. The zero-order valence-electron chi connectivity index (χ0n) is 14.9. The van der Waals surface area contributed by atoms with Gasteiger partial charge in [-0.25, -0.2) is 0 Å². The van der Waals surface area contributed by atoms with Gasteiger partial charge in [-0.05, 0) is 25.5 Å². The van der Waals surface area contributed by atoms with Crippen LogP contribution in [-0.2, 0) is 4.79 Å². The summed E-state index contributed by atoms with van der Waals surface area (Å²) < 4.78 is 0. The van der Waals surface area contributed by atoms with Gasteiger partial charge in [0, 0.05) is 26.2 Å². The van der Waals surface area contributed by atoms with Crippen LogP contribution in [0.25, 0.3) is 0 Å². The number of nitrogens with zero attached hydrogens (tertiary/aromatic N) is 2. The van der Waals surface area contributed by atoms with Crippen LogP contribution in [0.1, 0.15) is 53.8 Å². The normalized spacial score (nSPS) is 31.0. The third-order valence-electron chi connectivity index (χ3n) is 6.07. The second-order valence-corrected chi connectivity index (χ2v) is 8.14. The van der Waals surface area contributed by atoms with E-state index in [4.69, 9.17) is 0 Å². The minimum Gasteiger partial charge on any atom is -0.336 e. The highest BCUT2D eigenvalue weighted by Gasteiger charge is 2.60. The SMILES string of the molecule is CCCCC12CN3CC(C)(CN(C1)C(=O)c1ccccc1C3=O)C2=O. The molecule has 1 aromatic carbocycles. The van der Waals surface area contributed by atoms with Gasteiger partial charge in [-0.1, -0.05) is 31.9 Å². The Balaban J connectivity index is 1.88. The number of amides is 2. The van der Waals surface area contributed by atoms with E-state index in [1.54, 1.807) is 24.3 Å². The van der Waals surface area contributed by atoms with Gasteiger partial charge in [0.1, 0.15) is 0 Å². The molecule has 4 heterocycles. The van der Waals surface area contributed by atoms with E-state index in [0.717, 1.165) is 19.3 Å². The largest absolute Gasteiger partial charge is 0.336 e. The lowest BCUT2D eigenvalue weighted by Crippen LogP contribution is -2.69. The number of hydrogen-bond acceptors (Lipinski definition) is 3. The Bertz CT molecular complexity index is 723. The fraction of sp³-hybridized carbons (Fsp3) is 0.550. The maximum absolute atomic E-state index is 13.3. The first-order valence-corrected chi connectivity index (χ1v) is 9.13. The van der Waals surface area contributed by atoms with E-state index in [-0.39, 0.29) is 17.6 Å². The fourth-order valence-corrected chi connectivity index (χ4v) is 4.98. The van der Waals surface area contributed by atoms with Crippen LogP contribution in [0.4, 0.5) is 0 Å². The fourth-order valence-electron chi connectivity index (χ4n) is 4.98. The van der Waals surface area contributed by atoms with Crippen molar-refractivity contribution in [1.82, 2.24) is 9.80 Å². The summed E-state index contributed by atoms with van der Waals surface area (Å²) in [6.07, 6.45) is 2.66. The molecule has 0 unspecified atom stereocenters. The predicted octanol–water partition coefficient (Wildman–Crippen LogP) is 2.36. The first-order valence-electron chi connectivity index (χ1n) is 9.13. The molecule has 0 radical (unpaired) electrons. The van der Waals surface area contributed by atoms with Gasteiger partial charge >= 0.3 is 0 Å². The second-order valence-electron chi connectivity index (χ2n) is 8.14. The summed E-state index contributed by atoms with van der Waals surface area (Å²) in [6, 6.07) is 7.04. The Morgan fingerprint density at radius 1 is 0.920 bits per heavy atom. The van der Waals surface area contributed by atoms with Crippen LogP contribution in [0.2, 0.25) is 0 Å². The van der Waals surface area contributed by atoms with Crippen molar-refractivity contribution in [1.29, 1.82) is 0 Å². The van der Waals surface area contributed by atoms with Crippen LogP contribution in [0.3, 0.4) is 0 Å². The number of hydrogen-bond donors (Lipinski definition) is 0. The van der Waals surface area contributed by atoms with Crippen LogP contribution in [-0.4, -0.2) is 53.6 Å². The van der Waals surface area contributed by atoms with Crippen molar-refractivity contribution in [3.8, 4) is 0 Å². The molecule has 5 heteroatoms. The first kappa shape index (κ1) is 16.3. The summed E-state index contributed by atoms with van der Waals surface area (Å²) in [5, 5.41) is 0. The lowest BCUT2D eigenvalue weighted by Gasteiger charge is -2.55. The summed E-state index contributed by atoms with van der Waals surface area (Å²) in [6.45, 7) is 5.68. The van der Waals surface area contributed by atoms with Gasteiger partial charge in [0.2, 0.25) is 0 Å². The third-order valence-corrected chi connectivity index (χ3v) is 6.07. The maximum Gasteiger partial charge on any atom is 0.254 e. The highest BCUT2D eigenvalue weighted by molar-refractivity contribution is 6.09. The molecule has 0 aromatic heterocycles. The van der Waals surface area contributed by atoms with Gasteiger partial charge in [0.25, 0.3) is 11.8 Å². The molecule has 25 heavy (non-hydrogen) atoms. The Morgan fingerprint density at radius 2 is 1.44 bits per heavy atom. The summed E-state index contributed by atoms with van der Waals surface area (Å²) in [7, 11) is 0. The van der Waals surface area contributed by atoms with Crippen molar-refractivity contribution in [2.75, 3.05) is 26.2 Å². The molecule has 0 spiro atoms. The van der Waals surface area contributed by atoms with Crippen molar-refractivity contribution in [2.24, 2.45) is 10.8 Å². The standard InChI is InChI=1S/C20H24N2O3/c1-3-4-9-20-12-21-10-19(2,18(20)25)11-22(13-20)17(24)15-8-6-5-7-14(15)16(21)23/h5-8H,3-4,9-13H2,1-2H3. The Kier molecular flexibility index (Phi) is 3.53. The number of piperidine rings is 2. The van der Waals surface area contributed by atoms with Crippen molar-refractivity contribution in [2.45, 2.75) is 33.1 Å². The monoisotopic (exact) mass is 340 g/mol. The molecule has 2 saturated heterocycles. The van der Waals surface area contributed by atoms with E-state index < -0.39 is 10.8 Å². The molecular formula is C20H24N2O3. The van der Waals surface area contributed by atoms with Gasteiger partial charge in [-0.3, -0.25) is 14.4 Å². The number of unbranched alkanes of at least 4 members (excludes halogenated alkanes) is 1. The summed E-state index contributed by atoms with van der Waals surface area (Å²) in [5.41, 5.74) is -0.364. The van der Waals surface area contributed by atoms with Crippen molar-refractivity contribution < 1.29 is 14.4 Å². The molecule has 0 saturated carbocycles. The number of Topliss-reactive ketones (excluding diaryl/α,β-unsaturated/α-hetero) is 1. The molecule has 2 amide bonds. The van der Waals surface area contributed by atoms with Crippen LogP contribution in [0, 0.1) is 10.8 Å². The molecule has 0 N–H and O–H groups in total. The highest BCUT2D eigenvalue weighted by atomic mass is 16.2. The third kappa shape index (κ3) is 2.25. The zero-order valence-corrected chi connectivity index (χ0v) is 14.9. The molecule has 4 aliphatic heterocycles. The number of benzene rings is 1. The van der Waals surface area contributed by atoms with Crippen molar-refractivity contribution in [3.63, 3.8) is 0 Å². The van der Waals surface area contributed by atoms with E-state index in [1.165, 1.54) is 0 Å². The molecule has 0 aliphatic carbocycles. The lowest BCUT2D eigenvalue weighted by atomic mass is 9.61. The molecule has 5 nitrogen and oxygen atoms in total. The molecule has 0 atom stereocenters. The average molecular weight is 340 g/mol. The van der Waals surface area contributed by atoms with Crippen LogP contribution in [0.5, 0.6) is 0 Å². The summed E-state index contributed by atoms with van der Waals surface area (Å²) >= 11 is 0. The van der Waals surface area contributed by atoms with Gasteiger partial charge in [-0.2, -0.15) is 0 Å². The molecule has 2 fully saturated rings. The van der Waals surface area contributed by atoms with Gasteiger partial charge < -0.3 is 9.80 Å². The number of carbonyl (C=O) groups is 3. The molecule has 1 aromatic rings. The molecule has 4 bridgehead atoms. The minimum absolute atomic E-state index is 0.118. The highest BCUT2D eigenvalue weighted by Crippen LogP contribution is 2.47. The number of ketones is 1. The van der Waals surface area contributed by atoms with Crippen molar-refractivity contribution in [3.05, 3.63) is 35.4 Å². The van der Waals surface area contributed by atoms with E-state index in [1.807, 2.05) is 16.7 Å². The molecule has 132 valence electrons. The summed E-state index contributed by atoms with van der Waals surface area (Å²) in [5.74, 6) is 0.00658.